The molecular formula is C16H22N2O3. The number of rotatable bonds is 3. The lowest BCUT2D eigenvalue weighted by molar-refractivity contribution is -0.122. The predicted octanol–water partition coefficient (Wildman–Crippen LogP) is 2.54. The first-order valence-corrected chi connectivity index (χ1v) is 7.27. The Labute approximate surface area is 124 Å². The van der Waals surface area contributed by atoms with Crippen molar-refractivity contribution >= 4 is 17.6 Å². The number of anilines is 1. The number of amides is 1. The average molecular weight is 290 g/mol. The normalized spacial score (nSPS) is 25.4. The summed E-state index contributed by atoms with van der Waals surface area (Å²) in [5.74, 6) is -0.794. The number of carbonyl (C=O) groups excluding carboxylic acids is 1. The van der Waals surface area contributed by atoms with Crippen molar-refractivity contribution in [2.45, 2.75) is 45.1 Å². The van der Waals surface area contributed by atoms with Crippen LogP contribution in [-0.4, -0.2) is 22.5 Å². The smallest absolute Gasteiger partial charge is 0.336 e. The van der Waals surface area contributed by atoms with Crippen molar-refractivity contribution in [3.8, 4) is 0 Å². The maximum atomic E-state index is 12.5. The molecule has 2 atom stereocenters. The van der Waals surface area contributed by atoms with E-state index in [1.54, 1.807) is 19.1 Å². The lowest BCUT2D eigenvalue weighted by Crippen LogP contribution is -2.53. The van der Waals surface area contributed by atoms with Crippen LogP contribution in [0, 0.1) is 12.8 Å². The summed E-state index contributed by atoms with van der Waals surface area (Å²) in [7, 11) is 0. The summed E-state index contributed by atoms with van der Waals surface area (Å²) in [5, 5.41) is 11.9. The summed E-state index contributed by atoms with van der Waals surface area (Å²) >= 11 is 0. The van der Waals surface area contributed by atoms with Gasteiger partial charge in [0.05, 0.1) is 11.1 Å². The zero-order valence-corrected chi connectivity index (χ0v) is 12.5. The Bertz CT molecular complexity index is 571. The largest absolute Gasteiger partial charge is 0.478 e. The van der Waals surface area contributed by atoms with Crippen LogP contribution in [-0.2, 0) is 4.79 Å². The average Bonchev–Trinajstić information content (AvgIpc) is 2.40. The topological polar surface area (TPSA) is 92.4 Å². The van der Waals surface area contributed by atoms with Gasteiger partial charge in [0.1, 0.15) is 0 Å². The zero-order chi connectivity index (χ0) is 15.6. The summed E-state index contributed by atoms with van der Waals surface area (Å²) in [4.78, 5) is 23.6. The van der Waals surface area contributed by atoms with Gasteiger partial charge in [-0.15, -0.1) is 0 Å². The minimum atomic E-state index is -1.00. The molecule has 1 saturated carbocycles. The number of aromatic carboxylic acids is 1. The SMILES string of the molecule is Cc1c(NC(=O)C2(N)CCCC(C)C2)cccc1C(=O)O. The second-order valence-corrected chi connectivity index (χ2v) is 6.10. The van der Waals surface area contributed by atoms with Gasteiger partial charge >= 0.3 is 5.97 Å². The molecule has 114 valence electrons. The standard InChI is InChI=1S/C16H22N2O3/c1-10-5-4-8-16(17,9-10)15(21)18-13-7-3-6-12(11(13)2)14(19)20/h3,6-7,10H,4-5,8-9,17H2,1-2H3,(H,18,21)(H,19,20). The molecule has 2 unspecified atom stereocenters. The van der Waals surface area contributed by atoms with Gasteiger partial charge in [-0.3, -0.25) is 4.79 Å². The highest BCUT2D eigenvalue weighted by Crippen LogP contribution is 2.31. The monoisotopic (exact) mass is 290 g/mol. The predicted molar refractivity (Wildman–Crippen MR) is 81.3 cm³/mol. The molecule has 1 aliphatic rings. The first kappa shape index (κ1) is 15.5. The summed E-state index contributed by atoms with van der Waals surface area (Å²) in [5.41, 5.74) is 6.66. The van der Waals surface area contributed by atoms with Crippen LogP contribution in [0.5, 0.6) is 0 Å². The molecule has 0 heterocycles. The molecule has 0 saturated heterocycles. The Hall–Kier alpha value is -1.88. The molecule has 5 heteroatoms. The fourth-order valence-electron chi connectivity index (χ4n) is 3.05. The van der Waals surface area contributed by atoms with Crippen molar-refractivity contribution < 1.29 is 14.7 Å². The maximum Gasteiger partial charge on any atom is 0.336 e. The number of nitrogens with one attached hydrogen (secondary N) is 1. The van der Waals surface area contributed by atoms with E-state index >= 15 is 0 Å². The molecule has 2 rings (SSSR count). The van der Waals surface area contributed by atoms with Gasteiger partial charge in [0.15, 0.2) is 0 Å². The molecule has 0 aliphatic heterocycles. The van der Waals surface area contributed by atoms with Crippen LogP contribution in [0.3, 0.4) is 0 Å². The molecular weight excluding hydrogens is 268 g/mol. The van der Waals surface area contributed by atoms with Crippen LogP contribution >= 0.6 is 0 Å². The first-order valence-electron chi connectivity index (χ1n) is 7.27. The second-order valence-electron chi connectivity index (χ2n) is 6.10. The van der Waals surface area contributed by atoms with Crippen molar-refractivity contribution in [3.05, 3.63) is 29.3 Å². The van der Waals surface area contributed by atoms with Gasteiger partial charge < -0.3 is 16.2 Å². The maximum absolute atomic E-state index is 12.5. The third kappa shape index (κ3) is 3.24. The summed E-state index contributed by atoms with van der Waals surface area (Å²) in [6.45, 7) is 3.79. The molecule has 1 fully saturated rings. The highest BCUT2D eigenvalue weighted by Gasteiger charge is 2.38. The van der Waals surface area contributed by atoms with E-state index in [-0.39, 0.29) is 11.5 Å². The summed E-state index contributed by atoms with van der Waals surface area (Å²) in [6, 6.07) is 4.85. The van der Waals surface area contributed by atoms with E-state index in [1.807, 2.05) is 0 Å². The molecule has 4 N–H and O–H groups in total. The molecule has 21 heavy (non-hydrogen) atoms. The summed E-state index contributed by atoms with van der Waals surface area (Å²) < 4.78 is 0. The molecule has 1 aromatic carbocycles. The minimum Gasteiger partial charge on any atom is -0.478 e. The van der Waals surface area contributed by atoms with Crippen LogP contribution < -0.4 is 11.1 Å². The molecule has 1 aromatic rings. The fourth-order valence-corrected chi connectivity index (χ4v) is 3.05. The van der Waals surface area contributed by atoms with E-state index in [2.05, 4.69) is 12.2 Å². The Morgan fingerprint density at radius 1 is 1.43 bits per heavy atom. The molecule has 1 amide bonds. The molecule has 5 nitrogen and oxygen atoms in total. The summed E-state index contributed by atoms with van der Waals surface area (Å²) in [6.07, 6.45) is 3.37. The molecule has 0 aromatic heterocycles. The van der Waals surface area contributed by atoms with Gasteiger partial charge in [0, 0.05) is 5.69 Å². The molecule has 1 aliphatic carbocycles. The van der Waals surface area contributed by atoms with Gasteiger partial charge in [-0.25, -0.2) is 4.79 Å². The van der Waals surface area contributed by atoms with Gasteiger partial charge in [0.25, 0.3) is 0 Å². The van der Waals surface area contributed by atoms with Crippen LogP contribution in [0.25, 0.3) is 0 Å². The van der Waals surface area contributed by atoms with Crippen LogP contribution in [0.1, 0.15) is 48.5 Å². The van der Waals surface area contributed by atoms with E-state index in [0.717, 1.165) is 12.8 Å². The number of hydrogen-bond acceptors (Lipinski definition) is 3. The van der Waals surface area contributed by atoms with E-state index in [0.29, 0.717) is 30.0 Å². The minimum absolute atomic E-state index is 0.191. The van der Waals surface area contributed by atoms with Gasteiger partial charge in [0.2, 0.25) is 5.91 Å². The Morgan fingerprint density at radius 3 is 2.76 bits per heavy atom. The third-order valence-electron chi connectivity index (χ3n) is 4.30. The highest BCUT2D eigenvalue weighted by atomic mass is 16.4. The molecule has 0 bridgehead atoms. The first-order chi connectivity index (χ1) is 9.83. The van der Waals surface area contributed by atoms with Gasteiger partial charge in [-0.05, 0) is 43.4 Å². The Morgan fingerprint density at radius 2 is 2.14 bits per heavy atom. The fraction of sp³-hybridized carbons (Fsp3) is 0.500. The van der Waals surface area contributed by atoms with Gasteiger partial charge in [-0.2, -0.15) is 0 Å². The molecule has 0 radical (unpaired) electrons. The van der Waals surface area contributed by atoms with E-state index in [1.165, 1.54) is 6.07 Å². The van der Waals surface area contributed by atoms with Gasteiger partial charge in [-0.1, -0.05) is 25.8 Å². The zero-order valence-electron chi connectivity index (χ0n) is 12.5. The number of carboxylic acid groups (broad SMARTS) is 1. The number of benzene rings is 1. The molecule has 0 spiro atoms. The quantitative estimate of drug-likeness (QED) is 0.797. The lowest BCUT2D eigenvalue weighted by atomic mass is 9.76. The van der Waals surface area contributed by atoms with Crippen molar-refractivity contribution in [1.82, 2.24) is 0 Å². The second kappa shape index (κ2) is 5.85. The lowest BCUT2D eigenvalue weighted by Gasteiger charge is -2.35. The van der Waals surface area contributed by atoms with Crippen molar-refractivity contribution in [1.29, 1.82) is 0 Å². The number of nitrogens with two attached hydrogens (primary N) is 1. The van der Waals surface area contributed by atoms with Crippen molar-refractivity contribution in [2.24, 2.45) is 11.7 Å². The van der Waals surface area contributed by atoms with Crippen molar-refractivity contribution in [2.75, 3.05) is 5.32 Å². The van der Waals surface area contributed by atoms with Crippen molar-refractivity contribution in [3.63, 3.8) is 0 Å². The Balaban J connectivity index is 2.20. The van der Waals surface area contributed by atoms with E-state index < -0.39 is 11.5 Å². The van der Waals surface area contributed by atoms with E-state index in [9.17, 15) is 9.59 Å². The number of carbonyl (C=O) groups is 2. The third-order valence-corrected chi connectivity index (χ3v) is 4.30. The van der Waals surface area contributed by atoms with Crippen LogP contribution in [0.2, 0.25) is 0 Å². The Kier molecular flexibility index (Phi) is 4.32. The highest BCUT2D eigenvalue weighted by molar-refractivity contribution is 6.00. The number of hydrogen-bond donors (Lipinski definition) is 3. The van der Waals surface area contributed by atoms with E-state index in [4.69, 9.17) is 10.8 Å². The number of carboxylic acids is 1. The van der Waals surface area contributed by atoms with Crippen LogP contribution in [0.15, 0.2) is 18.2 Å². The van der Waals surface area contributed by atoms with Crippen LogP contribution in [0.4, 0.5) is 5.69 Å².